The number of halogens is 1. The van der Waals surface area contributed by atoms with E-state index in [0.29, 0.717) is 18.0 Å². The summed E-state index contributed by atoms with van der Waals surface area (Å²) in [5.74, 6) is 1.53. The monoisotopic (exact) mass is 453 g/mol. The first-order valence-electron chi connectivity index (χ1n) is 9.08. The normalized spacial score (nSPS) is 24.7. The summed E-state index contributed by atoms with van der Waals surface area (Å²) >= 11 is 0. The highest BCUT2D eigenvalue weighted by Crippen LogP contribution is 2.14. The third kappa shape index (κ3) is 6.65. The molecule has 2 saturated heterocycles. The Morgan fingerprint density at radius 2 is 1.92 bits per heavy atom. The topological polar surface area (TPSA) is 52.1 Å². The summed E-state index contributed by atoms with van der Waals surface area (Å²) in [5.41, 5.74) is 0. The second-order valence-electron chi connectivity index (χ2n) is 7.07. The van der Waals surface area contributed by atoms with Crippen LogP contribution in [0.1, 0.15) is 26.7 Å². The molecule has 2 atom stereocenters. The lowest BCUT2D eigenvalue weighted by molar-refractivity contribution is 0.00752. The van der Waals surface area contributed by atoms with Gasteiger partial charge in [-0.05, 0) is 32.4 Å². The molecule has 0 amide bonds. The molecule has 7 heteroatoms. The van der Waals surface area contributed by atoms with Crippen molar-refractivity contribution in [2.24, 2.45) is 10.9 Å². The molecule has 2 N–H and O–H groups in total. The van der Waals surface area contributed by atoms with Crippen LogP contribution in [0, 0.1) is 5.92 Å². The molecular weight excluding hydrogens is 417 g/mol. The standard InChI is InChI=1S/C17H35N5O.HI/c1-14(2)16(22-8-10-23-11-9-22)13-20-17(18-3)19-12-15-6-5-7-21(15)4;/h14-16H,5-13H2,1-4H3,(H2,18,19,20);1H. The van der Waals surface area contributed by atoms with Crippen molar-refractivity contribution >= 4 is 29.9 Å². The van der Waals surface area contributed by atoms with Crippen molar-refractivity contribution < 1.29 is 4.74 Å². The van der Waals surface area contributed by atoms with Crippen LogP contribution in [0.5, 0.6) is 0 Å². The van der Waals surface area contributed by atoms with Crippen LogP contribution in [0.4, 0.5) is 0 Å². The van der Waals surface area contributed by atoms with Crippen molar-refractivity contribution in [2.75, 3.05) is 60.0 Å². The van der Waals surface area contributed by atoms with Gasteiger partial charge in [0.1, 0.15) is 0 Å². The Bertz CT molecular complexity index is 374. The van der Waals surface area contributed by atoms with E-state index in [2.05, 4.69) is 46.3 Å². The smallest absolute Gasteiger partial charge is 0.191 e. The molecule has 0 spiro atoms. The van der Waals surface area contributed by atoms with E-state index in [1.54, 1.807) is 0 Å². The average molecular weight is 453 g/mol. The van der Waals surface area contributed by atoms with E-state index in [1.165, 1.54) is 19.4 Å². The van der Waals surface area contributed by atoms with E-state index in [1.807, 2.05) is 7.05 Å². The molecule has 0 radical (unpaired) electrons. The van der Waals surface area contributed by atoms with Crippen molar-refractivity contribution in [3.8, 4) is 0 Å². The highest BCUT2D eigenvalue weighted by atomic mass is 127. The molecule has 0 aromatic carbocycles. The summed E-state index contributed by atoms with van der Waals surface area (Å²) in [6, 6.07) is 1.15. The number of likely N-dealkylation sites (N-methyl/N-ethyl adjacent to an activating group) is 1. The minimum absolute atomic E-state index is 0. The second kappa shape index (κ2) is 11.5. The van der Waals surface area contributed by atoms with E-state index < -0.39 is 0 Å². The number of aliphatic imine (C=N–C) groups is 1. The number of ether oxygens (including phenoxy) is 1. The summed E-state index contributed by atoms with van der Waals surface area (Å²) in [7, 11) is 4.07. The molecule has 2 unspecified atom stereocenters. The second-order valence-corrected chi connectivity index (χ2v) is 7.07. The predicted octanol–water partition coefficient (Wildman–Crippen LogP) is 1.22. The lowest BCUT2D eigenvalue weighted by Crippen LogP contribution is -2.53. The lowest BCUT2D eigenvalue weighted by Gasteiger charge is -2.37. The third-order valence-corrected chi connectivity index (χ3v) is 5.16. The Labute approximate surface area is 164 Å². The quantitative estimate of drug-likeness (QED) is 0.360. The van der Waals surface area contributed by atoms with E-state index in [-0.39, 0.29) is 24.0 Å². The largest absolute Gasteiger partial charge is 0.379 e. The molecule has 0 saturated carbocycles. The van der Waals surface area contributed by atoms with E-state index in [4.69, 9.17) is 4.74 Å². The Morgan fingerprint density at radius 3 is 2.46 bits per heavy atom. The SMILES string of the molecule is CN=C(NCC1CCCN1C)NCC(C(C)C)N1CCOCC1.I. The lowest BCUT2D eigenvalue weighted by atomic mass is 10.0. The number of likely N-dealkylation sites (tertiary alicyclic amines) is 1. The maximum atomic E-state index is 5.48. The van der Waals surface area contributed by atoms with Crippen LogP contribution in [-0.4, -0.2) is 87.9 Å². The first-order chi connectivity index (χ1) is 11.1. The molecule has 0 aromatic rings. The van der Waals surface area contributed by atoms with Gasteiger partial charge in [0.05, 0.1) is 13.2 Å². The number of rotatable bonds is 6. The highest BCUT2D eigenvalue weighted by molar-refractivity contribution is 14.0. The van der Waals surface area contributed by atoms with Crippen LogP contribution in [0.25, 0.3) is 0 Å². The third-order valence-electron chi connectivity index (χ3n) is 5.16. The van der Waals surface area contributed by atoms with Gasteiger partial charge in [0.15, 0.2) is 5.96 Å². The first-order valence-corrected chi connectivity index (χ1v) is 9.08. The van der Waals surface area contributed by atoms with Gasteiger partial charge in [-0.2, -0.15) is 0 Å². The molecule has 6 nitrogen and oxygen atoms in total. The molecule has 0 bridgehead atoms. The zero-order valence-electron chi connectivity index (χ0n) is 15.8. The van der Waals surface area contributed by atoms with Crippen molar-refractivity contribution in [3.63, 3.8) is 0 Å². The van der Waals surface area contributed by atoms with Crippen molar-refractivity contribution in [1.82, 2.24) is 20.4 Å². The Morgan fingerprint density at radius 1 is 1.21 bits per heavy atom. The van der Waals surface area contributed by atoms with Crippen LogP contribution >= 0.6 is 24.0 Å². The van der Waals surface area contributed by atoms with Gasteiger partial charge in [-0.25, -0.2) is 0 Å². The van der Waals surface area contributed by atoms with Gasteiger partial charge >= 0.3 is 0 Å². The molecule has 0 aromatic heterocycles. The maximum absolute atomic E-state index is 5.48. The molecule has 2 rings (SSSR count). The Hall–Kier alpha value is -0.120. The predicted molar refractivity (Wildman–Crippen MR) is 111 cm³/mol. The van der Waals surface area contributed by atoms with Crippen molar-refractivity contribution in [3.05, 3.63) is 0 Å². The number of hydrogen-bond donors (Lipinski definition) is 2. The molecule has 2 heterocycles. The van der Waals surface area contributed by atoms with Gasteiger partial charge in [0.2, 0.25) is 0 Å². The van der Waals surface area contributed by atoms with Crippen LogP contribution in [-0.2, 0) is 4.74 Å². The van der Waals surface area contributed by atoms with E-state index >= 15 is 0 Å². The van der Waals surface area contributed by atoms with Gasteiger partial charge < -0.3 is 20.3 Å². The molecule has 0 aliphatic carbocycles. The summed E-state index contributed by atoms with van der Waals surface area (Å²) in [4.78, 5) is 9.36. The molecule has 2 fully saturated rings. The molecular formula is C17H36IN5O. The Kier molecular flexibility index (Phi) is 10.5. The number of morpholine rings is 1. The van der Waals surface area contributed by atoms with Gasteiger partial charge in [0.25, 0.3) is 0 Å². The van der Waals surface area contributed by atoms with Gasteiger partial charge in [-0.3, -0.25) is 9.89 Å². The van der Waals surface area contributed by atoms with Crippen LogP contribution in [0.2, 0.25) is 0 Å². The zero-order chi connectivity index (χ0) is 16.7. The molecule has 24 heavy (non-hydrogen) atoms. The summed E-state index contributed by atoms with van der Waals surface area (Å²) in [6.45, 7) is 11.5. The summed E-state index contributed by atoms with van der Waals surface area (Å²) in [5, 5.41) is 7.02. The fourth-order valence-corrected chi connectivity index (χ4v) is 3.57. The maximum Gasteiger partial charge on any atom is 0.191 e. The van der Waals surface area contributed by atoms with Crippen LogP contribution < -0.4 is 10.6 Å². The molecule has 2 aliphatic heterocycles. The molecule has 2 aliphatic rings. The Balaban J connectivity index is 0.00000288. The van der Waals surface area contributed by atoms with E-state index in [0.717, 1.165) is 45.4 Å². The number of guanidine groups is 1. The fraction of sp³-hybridized carbons (Fsp3) is 0.941. The van der Waals surface area contributed by atoms with Gasteiger partial charge in [-0.15, -0.1) is 24.0 Å². The van der Waals surface area contributed by atoms with E-state index in [9.17, 15) is 0 Å². The van der Waals surface area contributed by atoms with Gasteiger partial charge in [-0.1, -0.05) is 13.8 Å². The van der Waals surface area contributed by atoms with Gasteiger partial charge in [0, 0.05) is 45.3 Å². The van der Waals surface area contributed by atoms with Crippen LogP contribution in [0.15, 0.2) is 4.99 Å². The summed E-state index contributed by atoms with van der Waals surface area (Å²) < 4.78 is 5.48. The number of nitrogens with zero attached hydrogens (tertiary/aromatic N) is 3. The molecule has 142 valence electrons. The highest BCUT2D eigenvalue weighted by Gasteiger charge is 2.24. The van der Waals surface area contributed by atoms with Crippen molar-refractivity contribution in [2.45, 2.75) is 38.8 Å². The minimum atomic E-state index is 0. The number of hydrogen-bond acceptors (Lipinski definition) is 4. The first kappa shape index (κ1) is 21.9. The van der Waals surface area contributed by atoms with Crippen LogP contribution in [0.3, 0.4) is 0 Å². The fourth-order valence-electron chi connectivity index (χ4n) is 3.57. The average Bonchev–Trinajstić information content (AvgIpc) is 2.96. The zero-order valence-corrected chi connectivity index (χ0v) is 18.1. The summed E-state index contributed by atoms with van der Waals surface area (Å²) in [6.07, 6.45) is 2.59. The van der Waals surface area contributed by atoms with Crippen molar-refractivity contribution in [1.29, 1.82) is 0 Å². The number of nitrogens with one attached hydrogen (secondary N) is 2. The minimum Gasteiger partial charge on any atom is -0.379 e.